The van der Waals surface area contributed by atoms with Crippen molar-refractivity contribution in [3.05, 3.63) is 51.3 Å². The van der Waals surface area contributed by atoms with Crippen LogP contribution in [0.4, 0.5) is 0 Å². The number of hydrogen-bond donors (Lipinski definition) is 0. The van der Waals surface area contributed by atoms with Crippen LogP contribution in [0.1, 0.15) is 66.8 Å². The Balaban J connectivity index is 2.28. The van der Waals surface area contributed by atoms with E-state index in [0.29, 0.717) is 0 Å². The minimum absolute atomic E-state index is 0.222. The van der Waals surface area contributed by atoms with Crippen molar-refractivity contribution in [2.45, 2.75) is 58.8 Å². The second-order valence-corrected chi connectivity index (χ2v) is 7.25. The number of para-hydroxylation sites is 1. The van der Waals surface area contributed by atoms with E-state index in [9.17, 15) is 4.79 Å². The van der Waals surface area contributed by atoms with Crippen LogP contribution < -0.4 is 0 Å². The quantitative estimate of drug-likeness (QED) is 0.619. The number of nitrogens with zero attached hydrogens (tertiary/aromatic N) is 1. The molecule has 1 aromatic carbocycles. The lowest BCUT2D eigenvalue weighted by atomic mass is 9.92. The van der Waals surface area contributed by atoms with Crippen LogP contribution in [0.3, 0.4) is 0 Å². The first-order valence-corrected chi connectivity index (χ1v) is 9.45. The molecule has 0 spiro atoms. The SMILES string of the molecule is CCCCc1c(C(C)=O)c2c(n1-c1ccccc1Br)CCCC2. The summed E-state index contributed by atoms with van der Waals surface area (Å²) in [7, 11) is 0. The fourth-order valence-corrected chi connectivity index (χ4v) is 4.24. The second-order valence-electron chi connectivity index (χ2n) is 6.40. The minimum Gasteiger partial charge on any atom is -0.316 e. The molecule has 1 aliphatic carbocycles. The highest BCUT2D eigenvalue weighted by atomic mass is 79.9. The van der Waals surface area contributed by atoms with Crippen molar-refractivity contribution in [1.29, 1.82) is 0 Å². The van der Waals surface area contributed by atoms with E-state index in [-0.39, 0.29) is 5.78 Å². The zero-order chi connectivity index (χ0) is 16.4. The molecule has 23 heavy (non-hydrogen) atoms. The monoisotopic (exact) mass is 373 g/mol. The molecule has 0 N–H and O–H groups in total. The number of hydrogen-bond acceptors (Lipinski definition) is 1. The summed E-state index contributed by atoms with van der Waals surface area (Å²) >= 11 is 3.70. The van der Waals surface area contributed by atoms with Gasteiger partial charge in [-0.25, -0.2) is 0 Å². The highest BCUT2D eigenvalue weighted by Crippen LogP contribution is 2.36. The number of halogens is 1. The van der Waals surface area contributed by atoms with Crippen LogP contribution in [0, 0.1) is 0 Å². The van der Waals surface area contributed by atoms with E-state index in [1.165, 1.54) is 35.5 Å². The van der Waals surface area contributed by atoms with Gasteiger partial charge in [0.2, 0.25) is 0 Å². The molecule has 1 aromatic heterocycles. The summed E-state index contributed by atoms with van der Waals surface area (Å²) < 4.78 is 3.47. The van der Waals surface area contributed by atoms with E-state index < -0.39 is 0 Å². The first-order valence-electron chi connectivity index (χ1n) is 8.66. The van der Waals surface area contributed by atoms with Crippen molar-refractivity contribution in [1.82, 2.24) is 4.57 Å². The Morgan fingerprint density at radius 2 is 1.96 bits per heavy atom. The topological polar surface area (TPSA) is 22.0 Å². The summed E-state index contributed by atoms with van der Waals surface area (Å²) in [4.78, 5) is 12.4. The first kappa shape index (κ1) is 16.5. The van der Waals surface area contributed by atoms with Gasteiger partial charge in [0, 0.05) is 21.4 Å². The molecular weight excluding hydrogens is 350 g/mol. The Morgan fingerprint density at radius 1 is 1.22 bits per heavy atom. The summed E-state index contributed by atoms with van der Waals surface area (Å²) in [5, 5.41) is 0. The molecule has 0 aliphatic heterocycles. The molecule has 3 rings (SSSR count). The van der Waals surface area contributed by atoms with Gasteiger partial charge in [-0.3, -0.25) is 4.79 Å². The van der Waals surface area contributed by atoms with Gasteiger partial charge in [-0.15, -0.1) is 0 Å². The number of benzene rings is 1. The molecule has 0 fully saturated rings. The summed E-state index contributed by atoms with van der Waals surface area (Å²) in [6, 6.07) is 8.35. The summed E-state index contributed by atoms with van der Waals surface area (Å²) in [5.41, 5.74) is 6.07. The molecule has 1 heterocycles. The van der Waals surface area contributed by atoms with E-state index in [1.807, 2.05) is 6.07 Å². The zero-order valence-corrected chi connectivity index (χ0v) is 15.6. The summed E-state index contributed by atoms with van der Waals surface area (Å²) in [6.45, 7) is 3.93. The van der Waals surface area contributed by atoms with Gasteiger partial charge in [-0.05, 0) is 79.1 Å². The third-order valence-electron chi connectivity index (χ3n) is 4.78. The van der Waals surface area contributed by atoms with E-state index in [2.05, 4.69) is 45.6 Å². The molecular formula is C20H24BrNO. The number of ketones is 1. The van der Waals surface area contributed by atoms with Gasteiger partial charge in [-0.2, -0.15) is 0 Å². The maximum Gasteiger partial charge on any atom is 0.161 e. The number of unbranched alkanes of at least 4 members (excludes halogenated alkanes) is 1. The number of aromatic nitrogens is 1. The van der Waals surface area contributed by atoms with Gasteiger partial charge in [0.25, 0.3) is 0 Å². The van der Waals surface area contributed by atoms with Gasteiger partial charge in [0.15, 0.2) is 5.78 Å². The molecule has 0 saturated carbocycles. The molecule has 0 radical (unpaired) electrons. The van der Waals surface area contributed by atoms with Gasteiger partial charge >= 0.3 is 0 Å². The van der Waals surface area contributed by atoms with Crippen molar-refractivity contribution in [3.63, 3.8) is 0 Å². The van der Waals surface area contributed by atoms with E-state index in [0.717, 1.165) is 42.1 Å². The highest BCUT2D eigenvalue weighted by Gasteiger charge is 2.27. The highest BCUT2D eigenvalue weighted by molar-refractivity contribution is 9.10. The van der Waals surface area contributed by atoms with Crippen LogP contribution in [-0.4, -0.2) is 10.4 Å². The third-order valence-corrected chi connectivity index (χ3v) is 5.45. The fourth-order valence-electron chi connectivity index (χ4n) is 3.77. The lowest BCUT2D eigenvalue weighted by Crippen LogP contribution is -2.09. The predicted octanol–water partition coefficient (Wildman–Crippen LogP) is 5.66. The Bertz CT molecular complexity index is 729. The average Bonchev–Trinajstić information content (AvgIpc) is 2.87. The van der Waals surface area contributed by atoms with E-state index in [4.69, 9.17) is 0 Å². The van der Waals surface area contributed by atoms with Gasteiger partial charge in [0.1, 0.15) is 0 Å². The maximum absolute atomic E-state index is 12.4. The molecule has 2 nitrogen and oxygen atoms in total. The van der Waals surface area contributed by atoms with Crippen LogP contribution in [0.15, 0.2) is 28.7 Å². The Morgan fingerprint density at radius 3 is 2.65 bits per heavy atom. The van der Waals surface area contributed by atoms with Crippen LogP contribution in [0.25, 0.3) is 5.69 Å². The minimum atomic E-state index is 0.222. The number of rotatable bonds is 5. The standard InChI is InChI=1S/C20H24BrNO/c1-3-4-11-19-20(14(2)23)15-9-5-7-12-17(15)22(19)18-13-8-6-10-16(18)21/h6,8,10,13H,3-5,7,9,11-12H2,1-2H3. The molecule has 2 aromatic rings. The predicted molar refractivity (Wildman–Crippen MR) is 98.7 cm³/mol. The normalized spacial score (nSPS) is 13.9. The number of carbonyl (C=O) groups is 1. The molecule has 0 atom stereocenters. The third kappa shape index (κ3) is 3.03. The molecule has 0 bridgehead atoms. The fraction of sp³-hybridized carbons (Fsp3) is 0.450. The Kier molecular flexibility index (Phi) is 5.05. The van der Waals surface area contributed by atoms with Crippen LogP contribution in [0.5, 0.6) is 0 Å². The number of fused-ring (bicyclic) bond motifs is 1. The summed E-state index contributed by atoms with van der Waals surface area (Å²) in [6.07, 6.45) is 7.76. The van der Waals surface area contributed by atoms with Crippen LogP contribution in [-0.2, 0) is 19.3 Å². The van der Waals surface area contributed by atoms with Gasteiger partial charge in [-0.1, -0.05) is 25.5 Å². The van der Waals surface area contributed by atoms with E-state index in [1.54, 1.807) is 6.92 Å². The Labute approximate surface area is 147 Å². The maximum atomic E-state index is 12.4. The number of Topliss-reactive ketones (excluding diaryl/α,β-unsaturated/α-hetero) is 1. The van der Waals surface area contributed by atoms with Crippen molar-refractivity contribution in [2.24, 2.45) is 0 Å². The smallest absolute Gasteiger partial charge is 0.161 e. The lowest BCUT2D eigenvalue weighted by molar-refractivity contribution is 0.101. The molecule has 122 valence electrons. The van der Waals surface area contributed by atoms with Crippen molar-refractivity contribution in [2.75, 3.05) is 0 Å². The first-order chi connectivity index (χ1) is 11.1. The molecule has 0 amide bonds. The van der Waals surface area contributed by atoms with E-state index >= 15 is 0 Å². The van der Waals surface area contributed by atoms with Crippen molar-refractivity contribution < 1.29 is 4.79 Å². The van der Waals surface area contributed by atoms with Crippen molar-refractivity contribution in [3.8, 4) is 5.69 Å². The van der Waals surface area contributed by atoms with Gasteiger partial charge < -0.3 is 4.57 Å². The largest absolute Gasteiger partial charge is 0.316 e. The number of carbonyl (C=O) groups excluding carboxylic acids is 1. The van der Waals surface area contributed by atoms with Crippen LogP contribution in [0.2, 0.25) is 0 Å². The average molecular weight is 374 g/mol. The molecule has 0 saturated heterocycles. The van der Waals surface area contributed by atoms with Crippen molar-refractivity contribution >= 4 is 21.7 Å². The Hall–Kier alpha value is -1.35. The molecule has 1 aliphatic rings. The molecule has 0 unspecified atom stereocenters. The second kappa shape index (κ2) is 7.04. The molecule has 3 heteroatoms. The zero-order valence-electron chi connectivity index (χ0n) is 14.0. The summed E-state index contributed by atoms with van der Waals surface area (Å²) in [5.74, 6) is 0.222. The van der Waals surface area contributed by atoms with Crippen LogP contribution >= 0.6 is 15.9 Å². The lowest BCUT2D eigenvalue weighted by Gasteiger charge is -2.18. The van der Waals surface area contributed by atoms with Gasteiger partial charge in [0.05, 0.1) is 5.69 Å².